The smallest absolute Gasteiger partial charge is 0.387 e. The third-order valence-electron chi connectivity index (χ3n) is 4.85. The van der Waals surface area contributed by atoms with E-state index >= 15 is 0 Å². The number of rotatable bonds is 10. The van der Waals surface area contributed by atoms with Gasteiger partial charge in [-0.3, -0.25) is 4.79 Å². The van der Waals surface area contributed by atoms with E-state index < -0.39 is 6.61 Å². The van der Waals surface area contributed by atoms with Gasteiger partial charge >= 0.3 is 6.61 Å². The number of alkyl halides is 2. The van der Waals surface area contributed by atoms with Crippen molar-refractivity contribution in [1.82, 2.24) is 4.90 Å². The second-order valence-electron chi connectivity index (χ2n) is 7.17. The van der Waals surface area contributed by atoms with Gasteiger partial charge in [-0.05, 0) is 35.4 Å². The van der Waals surface area contributed by atoms with Gasteiger partial charge in [-0.2, -0.15) is 8.78 Å². The van der Waals surface area contributed by atoms with Crippen LogP contribution in [0, 0.1) is 0 Å². The minimum atomic E-state index is -2.88. The summed E-state index contributed by atoms with van der Waals surface area (Å²) in [6.45, 7) is -2.30. The summed E-state index contributed by atoms with van der Waals surface area (Å²) in [5.41, 5.74) is 2.09. The van der Waals surface area contributed by atoms with E-state index in [0.717, 1.165) is 11.1 Å². The molecule has 8 heteroatoms. The van der Waals surface area contributed by atoms with Gasteiger partial charge in [0.1, 0.15) is 12.4 Å². The lowest BCUT2D eigenvalue weighted by molar-refractivity contribution is -0.0498. The van der Waals surface area contributed by atoms with Gasteiger partial charge in [0.15, 0.2) is 11.5 Å². The molecule has 0 spiro atoms. The molecular formula is C25H25F2NO5. The first-order valence-electron chi connectivity index (χ1n) is 10.1. The van der Waals surface area contributed by atoms with Gasteiger partial charge in [0.25, 0.3) is 5.91 Å². The average molecular weight is 457 g/mol. The molecule has 3 rings (SSSR count). The molecule has 1 amide bonds. The van der Waals surface area contributed by atoms with Crippen molar-refractivity contribution in [2.45, 2.75) is 19.8 Å². The van der Waals surface area contributed by atoms with Crippen molar-refractivity contribution in [2.24, 2.45) is 0 Å². The number of amides is 1. The molecule has 0 fully saturated rings. The summed E-state index contributed by atoms with van der Waals surface area (Å²) in [5, 5.41) is 0. The first-order valence-corrected chi connectivity index (χ1v) is 10.1. The third-order valence-corrected chi connectivity index (χ3v) is 4.85. The molecule has 3 aromatic carbocycles. The SMILES string of the molecule is COc1cc(C(=O)N(C)Cc2ccc(OC(F)F)cc2)cc(OC)c1OCc1ccccc1. The largest absolute Gasteiger partial charge is 0.493 e. The van der Waals surface area contributed by atoms with Gasteiger partial charge in [-0.1, -0.05) is 42.5 Å². The highest BCUT2D eigenvalue weighted by molar-refractivity contribution is 5.95. The molecule has 0 saturated heterocycles. The van der Waals surface area contributed by atoms with E-state index in [1.165, 1.54) is 31.3 Å². The second-order valence-corrected chi connectivity index (χ2v) is 7.17. The van der Waals surface area contributed by atoms with Crippen molar-refractivity contribution in [1.29, 1.82) is 0 Å². The third kappa shape index (κ3) is 6.35. The van der Waals surface area contributed by atoms with Crippen molar-refractivity contribution in [3.63, 3.8) is 0 Å². The number of ether oxygens (including phenoxy) is 4. The summed E-state index contributed by atoms with van der Waals surface area (Å²) in [5.74, 6) is 0.932. The van der Waals surface area contributed by atoms with Crippen molar-refractivity contribution >= 4 is 5.91 Å². The van der Waals surface area contributed by atoms with E-state index in [2.05, 4.69) is 4.74 Å². The first-order chi connectivity index (χ1) is 15.9. The molecule has 0 heterocycles. The molecule has 33 heavy (non-hydrogen) atoms. The van der Waals surface area contributed by atoms with E-state index in [-0.39, 0.29) is 18.2 Å². The summed E-state index contributed by atoms with van der Waals surface area (Å²) in [6, 6.07) is 19.0. The Balaban J connectivity index is 1.75. The molecule has 0 aliphatic rings. The zero-order chi connectivity index (χ0) is 23.8. The summed E-state index contributed by atoms with van der Waals surface area (Å²) >= 11 is 0. The van der Waals surface area contributed by atoms with Gasteiger partial charge in [-0.15, -0.1) is 0 Å². The Morgan fingerprint density at radius 3 is 2.06 bits per heavy atom. The number of benzene rings is 3. The van der Waals surface area contributed by atoms with E-state index in [9.17, 15) is 13.6 Å². The Labute approximate surface area is 191 Å². The fraction of sp³-hybridized carbons (Fsp3) is 0.240. The fourth-order valence-electron chi connectivity index (χ4n) is 3.22. The maximum atomic E-state index is 13.0. The van der Waals surface area contributed by atoms with Gasteiger partial charge < -0.3 is 23.8 Å². The van der Waals surface area contributed by atoms with E-state index in [4.69, 9.17) is 14.2 Å². The maximum Gasteiger partial charge on any atom is 0.387 e. The Morgan fingerprint density at radius 1 is 0.909 bits per heavy atom. The predicted octanol–water partition coefficient (Wildman–Crippen LogP) is 5.16. The molecule has 0 saturated carbocycles. The fourth-order valence-corrected chi connectivity index (χ4v) is 3.22. The average Bonchev–Trinajstić information content (AvgIpc) is 2.83. The van der Waals surface area contributed by atoms with Crippen LogP contribution in [0.2, 0.25) is 0 Å². The van der Waals surface area contributed by atoms with Crippen LogP contribution < -0.4 is 18.9 Å². The van der Waals surface area contributed by atoms with E-state index in [1.54, 1.807) is 31.3 Å². The molecule has 0 bridgehead atoms. The summed E-state index contributed by atoms with van der Waals surface area (Å²) in [4.78, 5) is 14.5. The van der Waals surface area contributed by atoms with Crippen molar-refractivity contribution in [3.8, 4) is 23.0 Å². The second kappa shape index (κ2) is 11.2. The zero-order valence-corrected chi connectivity index (χ0v) is 18.6. The molecule has 0 unspecified atom stereocenters. The summed E-state index contributed by atoms with van der Waals surface area (Å²) in [6.07, 6.45) is 0. The monoisotopic (exact) mass is 457 g/mol. The lowest BCUT2D eigenvalue weighted by Crippen LogP contribution is -2.26. The number of carbonyl (C=O) groups excluding carboxylic acids is 1. The van der Waals surface area contributed by atoms with Crippen LogP contribution in [0.5, 0.6) is 23.0 Å². The van der Waals surface area contributed by atoms with E-state index in [0.29, 0.717) is 29.4 Å². The Morgan fingerprint density at radius 2 is 1.52 bits per heavy atom. The summed E-state index contributed by atoms with van der Waals surface area (Å²) in [7, 11) is 4.63. The number of nitrogens with zero attached hydrogens (tertiary/aromatic N) is 1. The van der Waals surface area contributed by atoms with Crippen molar-refractivity contribution in [3.05, 3.63) is 83.4 Å². The highest BCUT2D eigenvalue weighted by atomic mass is 19.3. The molecule has 174 valence electrons. The van der Waals surface area contributed by atoms with Crippen LogP contribution >= 0.6 is 0 Å². The minimum Gasteiger partial charge on any atom is -0.493 e. The molecule has 0 N–H and O–H groups in total. The Kier molecular flexibility index (Phi) is 8.07. The molecular weight excluding hydrogens is 432 g/mol. The van der Waals surface area contributed by atoms with Gasteiger partial charge in [0.2, 0.25) is 5.75 Å². The lowest BCUT2D eigenvalue weighted by Gasteiger charge is -2.20. The number of hydrogen-bond donors (Lipinski definition) is 0. The van der Waals surface area contributed by atoms with Crippen LogP contribution in [0.1, 0.15) is 21.5 Å². The highest BCUT2D eigenvalue weighted by Crippen LogP contribution is 2.39. The molecule has 0 aliphatic heterocycles. The van der Waals surface area contributed by atoms with Crippen LogP contribution in [0.3, 0.4) is 0 Å². The standard InChI is InChI=1S/C25H25F2NO5/c1-28(15-17-9-11-20(12-10-17)33-25(26)27)24(29)19-13-21(30-2)23(22(14-19)31-3)32-16-18-7-5-4-6-8-18/h4-14,25H,15-16H2,1-3H3. The Hall–Kier alpha value is -3.81. The Bertz CT molecular complexity index is 1030. The quantitative estimate of drug-likeness (QED) is 0.421. The maximum absolute atomic E-state index is 13.0. The first kappa shape index (κ1) is 23.8. The van der Waals surface area contributed by atoms with Crippen LogP contribution in [-0.2, 0) is 13.2 Å². The van der Waals surface area contributed by atoms with Crippen LogP contribution in [0.15, 0.2) is 66.7 Å². The van der Waals surface area contributed by atoms with Gasteiger partial charge in [0.05, 0.1) is 14.2 Å². The molecule has 3 aromatic rings. The lowest BCUT2D eigenvalue weighted by atomic mass is 10.1. The van der Waals surface area contributed by atoms with E-state index in [1.807, 2.05) is 30.3 Å². The highest BCUT2D eigenvalue weighted by Gasteiger charge is 2.20. The normalized spacial score (nSPS) is 10.6. The number of hydrogen-bond acceptors (Lipinski definition) is 5. The van der Waals surface area contributed by atoms with Crippen LogP contribution in [0.25, 0.3) is 0 Å². The molecule has 6 nitrogen and oxygen atoms in total. The number of halogens is 2. The van der Waals surface area contributed by atoms with Gasteiger partial charge in [0, 0.05) is 19.2 Å². The molecule has 0 atom stereocenters. The van der Waals surface area contributed by atoms with Crippen LogP contribution in [-0.4, -0.2) is 38.7 Å². The van der Waals surface area contributed by atoms with Crippen molar-refractivity contribution < 1.29 is 32.5 Å². The number of carbonyl (C=O) groups is 1. The molecule has 0 aliphatic carbocycles. The molecule has 0 radical (unpaired) electrons. The van der Waals surface area contributed by atoms with Gasteiger partial charge in [-0.25, -0.2) is 0 Å². The summed E-state index contributed by atoms with van der Waals surface area (Å²) < 4.78 is 45.8. The van der Waals surface area contributed by atoms with Crippen LogP contribution in [0.4, 0.5) is 8.78 Å². The minimum absolute atomic E-state index is 0.0586. The molecule has 0 aromatic heterocycles. The number of methoxy groups -OCH3 is 2. The van der Waals surface area contributed by atoms with Crippen molar-refractivity contribution in [2.75, 3.05) is 21.3 Å². The zero-order valence-electron chi connectivity index (χ0n) is 18.6. The topological polar surface area (TPSA) is 57.2 Å². The predicted molar refractivity (Wildman–Crippen MR) is 119 cm³/mol.